The molecule has 2 N–H and O–H groups in total. The molecule has 0 aliphatic rings. The first-order valence-electron chi connectivity index (χ1n) is 7.65. The molecule has 0 bridgehead atoms. The summed E-state index contributed by atoms with van der Waals surface area (Å²) in [5.74, 6) is 1.36. The Hall–Kier alpha value is -3.64. The van der Waals surface area contributed by atoms with Gasteiger partial charge in [-0.15, -0.1) is 16.6 Å². The third kappa shape index (κ3) is 3.13. The SMILES string of the molecule is N#COc1cccc(NCc2cc(=O)n3[nH]c(-c4cccs4)nc3n2)c1. The molecular formula is C17H12N6O2S. The molecule has 0 saturated carbocycles. The number of aromatic amines is 1. The van der Waals surface area contributed by atoms with E-state index in [0.29, 0.717) is 29.6 Å². The normalized spacial score (nSPS) is 10.6. The Bertz CT molecular complexity index is 1160. The lowest BCUT2D eigenvalue weighted by molar-refractivity contribution is 0.507. The Morgan fingerprint density at radius 3 is 3.00 bits per heavy atom. The van der Waals surface area contributed by atoms with Gasteiger partial charge < -0.3 is 10.1 Å². The van der Waals surface area contributed by atoms with Gasteiger partial charge in [0.1, 0.15) is 5.75 Å². The van der Waals surface area contributed by atoms with Gasteiger partial charge in [0.15, 0.2) is 5.82 Å². The van der Waals surface area contributed by atoms with Crippen molar-refractivity contribution in [1.82, 2.24) is 19.6 Å². The van der Waals surface area contributed by atoms with E-state index in [4.69, 9.17) is 10.00 Å². The molecule has 0 amide bonds. The standard InChI is InChI=1S/C17H12N6O2S/c18-10-25-13-4-1-3-11(7-13)19-9-12-8-15(24)23-17(20-12)21-16(22-23)14-5-2-6-26-14/h1-8,19H,9H2,(H,20,21,22). The van der Waals surface area contributed by atoms with E-state index in [1.165, 1.54) is 21.9 Å². The maximum absolute atomic E-state index is 12.3. The molecule has 3 aromatic heterocycles. The molecule has 4 aromatic rings. The molecule has 26 heavy (non-hydrogen) atoms. The average molecular weight is 364 g/mol. The summed E-state index contributed by atoms with van der Waals surface area (Å²) < 4.78 is 6.12. The molecule has 0 saturated heterocycles. The van der Waals surface area contributed by atoms with Crippen LogP contribution in [0.3, 0.4) is 0 Å². The number of anilines is 1. The highest BCUT2D eigenvalue weighted by atomic mass is 32.1. The molecule has 0 unspecified atom stereocenters. The van der Waals surface area contributed by atoms with Crippen LogP contribution >= 0.6 is 11.3 Å². The van der Waals surface area contributed by atoms with Crippen molar-refractivity contribution in [2.75, 3.05) is 5.32 Å². The Labute approximate surface area is 151 Å². The molecule has 8 nitrogen and oxygen atoms in total. The van der Waals surface area contributed by atoms with Gasteiger partial charge in [-0.05, 0) is 23.6 Å². The van der Waals surface area contributed by atoms with E-state index in [0.717, 1.165) is 10.6 Å². The number of rotatable bonds is 5. The average Bonchev–Trinajstić information content (AvgIpc) is 3.30. The van der Waals surface area contributed by atoms with Crippen LogP contribution in [0.2, 0.25) is 0 Å². The molecule has 1 aromatic carbocycles. The van der Waals surface area contributed by atoms with Crippen molar-refractivity contribution in [1.29, 1.82) is 5.26 Å². The summed E-state index contributed by atoms with van der Waals surface area (Å²) in [5, 5.41) is 16.6. The Balaban J connectivity index is 1.58. The molecule has 3 heterocycles. The zero-order valence-corrected chi connectivity index (χ0v) is 14.2. The van der Waals surface area contributed by atoms with Gasteiger partial charge in [0, 0.05) is 17.8 Å². The van der Waals surface area contributed by atoms with Crippen LogP contribution in [0.15, 0.2) is 52.6 Å². The minimum absolute atomic E-state index is 0.233. The maximum Gasteiger partial charge on any atom is 0.292 e. The van der Waals surface area contributed by atoms with Gasteiger partial charge in [-0.2, -0.15) is 9.50 Å². The largest absolute Gasteiger partial charge is 0.388 e. The van der Waals surface area contributed by atoms with Crippen LogP contribution < -0.4 is 15.6 Å². The van der Waals surface area contributed by atoms with E-state index >= 15 is 0 Å². The number of thiophene rings is 1. The van der Waals surface area contributed by atoms with Gasteiger partial charge in [0.05, 0.1) is 17.1 Å². The Morgan fingerprint density at radius 2 is 2.19 bits per heavy atom. The highest BCUT2D eigenvalue weighted by molar-refractivity contribution is 7.13. The summed E-state index contributed by atoms with van der Waals surface area (Å²) >= 11 is 1.53. The lowest BCUT2D eigenvalue weighted by Gasteiger charge is -2.06. The monoisotopic (exact) mass is 364 g/mol. The summed E-state index contributed by atoms with van der Waals surface area (Å²) in [7, 11) is 0. The Morgan fingerprint density at radius 1 is 1.27 bits per heavy atom. The first-order valence-corrected chi connectivity index (χ1v) is 8.53. The molecule has 0 radical (unpaired) electrons. The molecule has 0 aliphatic heterocycles. The molecule has 0 aliphatic carbocycles. The van der Waals surface area contributed by atoms with Crippen LogP contribution in [-0.2, 0) is 6.54 Å². The smallest absolute Gasteiger partial charge is 0.292 e. The number of hydrogen-bond acceptors (Lipinski definition) is 7. The van der Waals surface area contributed by atoms with Crippen molar-refractivity contribution in [3.63, 3.8) is 0 Å². The number of aromatic nitrogens is 4. The Kier molecular flexibility index (Phi) is 4.09. The topological polar surface area (TPSA) is 108 Å². The first kappa shape index (κ1) is 15.9. The van der Waals surface area contributed by atoms with E-state index in [2.05, 4.69) is 20.4 Å². The van der Waals surface area contributed by atoms with Crippen LogP contribution in [0.1, 0.15) is 5.69 Å². The van der Waals surface area contributed by atoms with E-state index in [9.17, 15) is 4.79 Å². The van der Waals surface area contributed by atoms with Crippen molar-refractivity contribution < 1.29 is 4.74 Å². The summed E-state index contributed by atoms with van der Waals surface area (Å²) in [4.78, 5) is 22.1. The number of ether oxygens (including phenoxy) is 1. The number of hydrogen-bond donors (Lipinski definition) is 2. The summed E-state index contributed by atoms with van der Waals surface area (Å²) in [5.41, 5.74) is 1.08. The van der Waals surface area contributed by atoms with Crippen LogP contribution in [0.5, 0.6) is 5.75 Å². The van der Waals surface area contributed by atoms with Crippen molar-refractivity contribution in [3.8, 4) is 22.7 Å². The number of fused-ring (bicyclic) bond motifs is 1. The quantitative estimate of drug-likeness (QED) is 0.527. The third-order valence-electron chi connectivity index (χ3n) is 3.61. The van der Waals surface area contributed by atoms with Crippen molar-refractivity contribution in [2.24, 2.45) is 0 Å². The van der Waals surface area contributed by atoms with E-state index in [-0.39, 0.29) is 5.56 Å². The number of benzene rings is 1. The lowest BCUT2D eigenvalue weighted by atomic mass is 10.3. The highest BCUT2D eigenvalue weighted by Crippen LogP contribution is 2.21. The second-order valence-electron chi connectivity index (χ2n) is 5.35. The summed E-state index contributed by atoms with van der Waals surface area (Å²) in [6, 6.07) is 12.3. The molecule has 0 atom stereocenters. The second-order valence-corrected chi connectivity index (χ2v) is 6.29. The van der Waals surface area contributed by atoms with Gasteiger partial charge >= 0.3 is 0 Å². The second kappa shape index (κ2) is 6.70. The molecule has 9 heteroatoms. The molecule has 0 fully saturated rings. The predicted molar refractivity (Wildman–Crippen MR) is 96.9 cm³/mol. The zero-order chi connectivity index (χ0) is 17.9. The van der Waals surface area contributed by atoms with Gasteiger partial charge in [0.2, 0.25) is 0 Å². The predicted octanol–water partition coefficient (Wildman–Crippen LogP) is 2.62. The fourth-order valence-electron chi connectivity index (χ4n) is 2.46. The fraction of sp³-hybridized carbons (Fsp3) is 0.0588. The molecule has 4 rings (SSSR count). The third-order valence-corrected chi connectivity index (χ3v) is 4.49. The number of nitrogens with one attached hydrogen (secondary N) is 2. The van der Waals surface area contributed by atoms with E-state index in [1.807, 2.05) is 23.6 Å². The molecule has 128 valence electrons. The van der Waals surface area contributed by atoms with Gasteiger partial charge in [-0.25, -0.2) is 4.98 Å². The van der Waals surface area contributed by atoms with Crippen molar-refractivity contribution in [3.05, 3.63) is 63.9 Å². The van der Waals surface area contributed by atoms with Crippen LogP contribution in [0.25, 0.3) is 16.5 Å². The van der Waals surface area contributed by atoms with Crippen molar-refractivity contribution >= 4 is 22.8 Å². The maximum atomic E-state index is 12.3. The highest BCUT2D eigenvalue weighted by Gasteiger charge is 2.10. The first-order chi connectivity index (χ1) is 12.7. The van der Waals surface area contributed by atoms with Gasteiger partial charge in [0.25, 0.3) is 17.6 Å². The van der Waals surface area contributed by atoms with E-state index < -0.39 is 0 Å². The van der Waals surface area contributed by atoms with Crippen LogP contribution in [-0.4, -0.2) is 19.6 Å². The lowest BCUT2D eigenvalue weighted by Crippen LogP contribution is -2.17. The van der Waals surface area contributed by atoms with Crippen molar-refractivity contribution in [2.45, 2.75) is 6.54 Å². The number of nitriles is 1. The molecule has 0 spiro atoms. The summed E-state index contributed by atoms with van der Waals surface area (Å²) in [6.45, 7) is 0.336. The summed E-state index contributed by atoms with van der Waals surface area (Å²) in [6.07, 6.45) is 1.63. The van der Waals surface area contributed by atoms with Gasteiger partial charge in [-0.3, -0.25) is 9.89 Å². The number of nitrogens with zero attached hydrogens (tertiary/aromatic N) is 4. The number of H-pyrrole nitrogens is 1. The molecular weight excluding hydrogens is 352 g/mol. The zero-order valence-electron chi connectivity index (χ0n) is 13.3. The fourth-order valence-corrected chi connectivity index (χ4v) is 3.12. The minimum atomic E-state index is -0.233. The minimum Gasteiger partial charge on any atom is -0.388 e. The van der Waals surface area contributed by atoms with Gasteiger partial charge in [-0.1, -0.05) is 12.1 Å². The van der Waals surface area contributed by atoms with Crippen LogP contribution in [0, 0.1) is 11.5 Å². The van der Waals surface area contributed by atoms with Crippen LogP contribution in [0.4, 0.5) is 5.69 Å². The van der Waals surface area contributed by atoms with E-state index in [1.54, 1.807) is 24.5 Å².